The number of pyridine rings is 1. The molecule has 0 saturated heterocycles. The van der Waals surface area contributed by atoms with Crippen LogP contribution < -0.4 is 10.9 Å². The molecule has 0 radical (unpaired) electrons. The fourth-order valence-electron chi connectivity index (χ4n) is 3.42. The summed E-state index contributed by atoms with van der Waals surface area (Å²) in [5, 5.41) is 9.89. The van der Waals surface area contributed by atoms with Crippen molar-refractivity contribution < 1.29 is 13.6 Å². The van der Waals surface area contributed by atoms with Gasteiger partial charge in [-0.3, -0.25) is 14.7 Å². The van der Waals surface area contributed by atoms with Crippen LogP contribution in [0.5, 0.6) is 0 Å². The van der Waals surface area contributed by atoms with Gasteiger partial charge in [-0.05, 0) is 46.8 Å². The predicted molar refractivity (Wildman–Crippen MR) is 111 cm³/mol. The van der Waals surface area contributed by atoms with Gasteiger partial charge in [0.05, 0.1) is 12.7 Å². The number of alkyl halides is 2. The topological polar surface area (TPSA) is 79.8 Å². The first-order chi connectivity index (χ1) is 14.4. The Kier molecular flexibility index (Phi) is 5.14. The Morgan fingerprint density at radius 1 is 1.20 bits per heavy atom. The minimum atomic E-state index is -2.67. The highest BCUT2D eigenvalue weighted by atomic mass is 19.3. The molecule has 2 heterocycles. The monoisotopic (exact) mass is 408 g/mol. The van der Waals surface area contributed by atoms with Crippen molar-refractivity contribution in [3.8, 4) is 11.1 Å². The Morgan fingerprint density at radius 3 is 2.80 bits per heavy atom. The highest BCUT2D eigenvalue weighted by Crippen LogP contribution is 2.30. The number of carbonyl (C=O) groups is 1. The van der Waals surface area contributed by atoms with Crippen LogP contribution in [0.3, 0.4) is 0 Å². The minimum Gasteiger partial charge on any atom is -0.326 e. The zero-order valence-electron chi connectivity index (χ0n) is 16.0. The van der Waals surface area contributed by atoms with E-state index in [0.29, 0.717) is 34.1 Å². The highest BCUT2D eigenvalue weighted by molar-refractivity contribution is 5.89. The van der Waals surface area contributed by atoms with E-state index in [9.17, 15) is 18.4 Å². The average molecular weight is 408 g/mol. The Hall–Kier alpha value is -3.81. The summed E-state index contributed by atoms with van der Waals surface area (Å²) in [4.78, 5) is 24.2. The van der Waals surface area contributed by atoms with Gasteiger partial charge >= 0.3 is 0 Å². The highest BCUT2D eigenvalue weighted by Gasteiger charge is 2.17. The number of carbonyl (C=O) groups excluding carboxylic acids is 1. The zero-order chi connectivity index (χ0) is 21.3. The van der Waals surface area contributed by atoms with Crippen molar-refractivity contribution in [2.24, 2.45) is 0 Å². The van der Waals surface area contributed by atoms with Gasteiger partial charge in [-0.15, -0.1) is 0 Å². The summed E-state index contributed by atoms with van der Waals surface area (Å²) in [5.74, 6) is -0.168. The number of anilines is 1. The van der Waals surface area contributed by atoms with Gasteiger partial charge < -0.3 is 9.88 Å². The predicted octanol–water partition coefficient (Wildman–Crippen LogP) is 4.34. The lowest BCUT2D eigenvalue weighted by Gasteiger charge is -2.10. The first-order valence-corrected chi connectivity index (χ1v) is 9.24. The van der Waals surface area contributed by atoms with Crippen LogP contribution in [0.4, 0.5) is 14.5 Å². The number of nitrogens with zero attached hydrogens (tertiary/aromatic N) is 2. The molecule has 0 fully saturated rings. The van der Waals surface area contributed by atoms with Crippen LogP contribution in [0, 0.1) is 0 Å². The normalized spacial score (nSPS) is 11.2. The molecule has 0 spiro atoms. The van der Waals surface area contributed by atoms with Crippen molar-refractivity contribution in [2.75, 3.05) is 5.32 Å². The Balaban J connectivity index is 1.67. The molecule has 0 bridgehead atoms. The van der Waals surface area contributed by atoms with Gasteiger partial charge in [0.25, 0.3) is 12.0 Å². The maximum absolute atomic E-state index is 13.1. The molecular formula is C22H18F2N4O2. The molecule has 152 valence electrons. The number of fused-ring (bicyclic) bond motifs is 1. The van der Waals surface area contributed by atoms with Crippen LogP contribution in [-0.4, -0.2) is 20.7 Å². The third kappa shape index (κ3) is 3.84. The molecule has 0 aliphatic carbocycles. The molecular weight excluding hydrogens is 390 g/mol. The van der Waals surface area contributed by atoms with Gasteiger partial charge in [-0.25, -0.2) is 8.78 Å². The van der Waals surface area contributed by atoms with Gasteiger partial charge in [-0.2, -0.15) is 5.10 Å². The van der Waals surface area contributed by atoms with E-state index < -0.39 is 6.43 Å². The molecule has 0 atom stereocenters. The Morgan fingerprint density at radius 2 is 2.03 bits per heavy atom. The summed E-state index contributed by atoms with van der Waals surface area (Å²) in [6.45, 7) is 1.77. The van der Waals surface area contributed by atoms with Crippen LogP contribution in [0.25, 0.3) is 21.9 Å². The van der Waals surface area contributed by atoms with Crippen molar-refractivity contribution in [3.63, 3.8) is 0 Å². The Labute approximate surface area is 170 Å². The van der Waals surface area contributed by atoms with Crippen LogP contribution in [0.15, 0.2) is 65.7 Å². The molecule has 2 N–H and O–H groups in total. The molecule has 0 aliphatic rings. The lowest BCUT2D eigenvalue weighted by Crippen LogP contribution is -2.20. The van der Waals surface area contributed by atoms with E-state index in [-0.39, 0.29) is 17.2 Å². The molecule has 0 saturated carbocycles. The molecule has 4 aromatic rings. The summed E-state index contributed by atoms with van der Waals surface area (Å²) in [6, 6.07) is 14.0. The fourth-order valence-corrected chi connectivity index (χ4v) is 3.42. The van der Waals surface area contributed by atoms with Gasteiger partial charge in [0, 0.05) is 29.8 Å². The number of hydrogen-bond acceptors (Lipinski definition) is 3. The summed E-state index contributed by atoms with van der Waals surface area (Å²) < 4.78 is 27.8. The third-order valence-electron chi connectivity index (χ3n) is 4.78. The van der Waals surface area contributed by atoms with Crippen LogP contribution in [0.1, 0.15) is 24.6 Å². The van der Waals surface area contributed by atoms with E-state index >= 15 is 0 Å². The second kappa shape index (κ2) is 7.90. The molecule has 4 rings (SSSR count). The summed E-state index contributed by atoms with van der Waals surface area (Å²) in [5.41, 5.74) is 1.96. The molecule has 1 amide bonds. The zero-order valence-corrected chi connectivity index (χ0v) is 16.0. The number of rotatable bonds is 5. The number of halogens is 2. The van der Waals surface area contributed by atoms with Crippen LogP contribution in [-0.2, 0) is 11.3 Å². The summed E-state index contributed by atoms with van der Waals surface area (Å²) in [6.07, 6.45) is 0.356. The molecule has 8 heteroatoms. The molecule has 6 nitrogen and oxygen atoms in total. The van der Waals surface area contributed by atoms with E-state index in [0.717, 1.165) is 5.56 Å². The minimum absolute atomic E-state index is 0.168. The van der Waals surface area contributed by atoms with Crippen molar-refractivity contribution in [2.45, 2.75) is 19.9 Å². The molecule has 0 aliphatic heterocycles. The standard InChI is InChI=1S/C22H18F2N4O2/c1-13(29)26-17-4-2-3-14(9-17)12-28-8-7-16-10-15(5-6-18(16)22(28)30)19-11-25-27-20(19)21(23)24/h2-11,21H,12H2,1H3,(H,25,27)(H,26,29). The van der Waals surface area contributed by atoms with Crippen molar-refractivity contribution >= 4 is 22.4 Å². The lowest BCUT2D eigenvalue weighted by molar-refractivity contribution is -0.114. The Bertz CT molecular complexity index is 1290. The van der Waals surface area contributed by atoms with E-state index in [1.807, 2.05) is 18.2 Å². The third-order valence-corrected chi connectivity index (χ3v) is 4.78. The largest absolute Gasteiger partial charge is 0.326 e. The van der Waals surface area contributed by atoms with Crippen LogP contribution >= 0.6 is 0 Å². The average Bonchev–Trinajstić information content (AvgIpc) is 3.20. The van der Waals surface area contributed by atoms with Gasteiger partial charge in [0.15, 0.2) is 0 Å². The molecule has 0 unspecified atom stereocenters. The second-order valence-corrected chi connectivity index (χ2v) is 6.93. The number of benzene rings is 2. The molecule has 30 heavy (non-hydrogen) atoms. The van der Waals surface area contributed by atoms with Crippen molar-refractivity contribution in [1.29, 1.82) is 0 Å². The quantitative estimate of drug-likeness (QED) is 0.516. The van der Waals surface area contributed by atoms with E-state index in [1.165, 1.54) is 13.1 Å². The van der Waals surface area contributed by atoms with Gasteiger partial charge in [0.1, 0.15) is 5.69 Å². The maximum Gasteiger partial charge on any atom is 0.280 e. The second-order valence-electron chi connectivity index (χ2n) is 6.93. The number of amides is 1. The number of hydrogen-bond donors (Lipinski definition) is 2. The SMILES string of the molecule is CC(=O)Nc1cccc(Cn2ccc3cc(-c4cn[nH]c4C(F)F)ccc3c2=O)c1. The first kappa shape index (κ1) is 19.5. The fraction of sp³-hybridized carbons (Fsp3) is 0.136. The molecule has 2 aromatic heterocycles. The van der Waals surface area contributed by atoms with Crippen molar-refractivity contribution in [1.82, 2.24) is 14.8 Å². The number of H-pyrrole nitrogens is 1. The number of aromatic amines is 1. The van der Waals surface area contributed by atoms with E-state index in [1.54, 1.807) is 41.1 Å². The number of aromatic nitrogens is 3. The van der Waals surface area contributed by atoms with Gasteiger partial charge in [-0.1, -0.05) is 18.2 Å². The number of nitrogens with one attached hydrogen (secondary N) is 2. The van der Waals surface area contributed by atoms with Gasteiger partial charge in [0.2, 0.25) is 5.91 Å². The lowest BCUT2D eigenvalue weighted by atomic mass is 10.0. The van der Waals surface area contributed by atoms with Crippen LogP contribution in [0.2, 0.25) is 0 Å². The summed E-state index contributed by atoms with van der Waals surface area (Å²) in [7, 11) is 0. The maximum atomic E-state index is 13.1. The smallest absolute Gasteiger partial charge is 0.280 e. The van der Waals surface area contributed by atoms with E-state index in [2.05, 4.69) is 15.5 Å². The van der Waals surface area contributed by atoms with E-state index in [4.69, 9.17) is 0 Å². The van der Waals surface area contributed by atoms with Crippen molar-refractivity contribution in [3.05, 3.63) is 82.5 Å². The first-order valence-electron chi connectivity index (χ1n) is 9.24. The summed E-state index contributed by atoms with van der Waals surface area (Å²) >= 11 is 0. The molecule has 2 aromatic carbocycles.